The van der Waals surface area contributed by atoms with E-state index in [2.05, 4.69) is 59.2 Å². The predicted molar refractivity (Wildman–Crippen MR) is 101 cm³/mol. The molecule has 0 unspecified atom stereocenters. The molecule has 0 saturated carbocycles. The number of rotatable bonds is 11. The molecule has 0 aliphatic carbocycles. The van der Waals surface area contributed by atoms with Crippen LogP contribution >= 0.6 is 0 Å². The minimum absolute atomic E-state index is 0.172. The third kappa shape index (κ3) is 6.67. The molecule has 4 nitrogen and oxygen atoms in total. The average Bonchev–Trinajstić information content (AvgIpc) is 2.62. The Morgan fingerprint density at radius 1 is 0.667 bits per heavy atom. The zero-order valence-electron chi connectivity index (χ0n) is 13.6. The summed E-state index contributed by atoms with van der Waals surface area (Å²) in [7, 11) is 0. The predicted octanol–water partition coefficient (Wildman–Crippen LogP) is -0.875. The summed E-state index contributed by atoms with van der Waals surface area (Å²) in [4.78, 5) is 0. The van der Waals surface area contributed by atoms with Crippen molar-refractivity contribution in [3.8, 4) is 0 Å². The van der Waals surface area contributed by atoms with Crippen molar-refractivity contribution in [1.82, 2.24) is 10.6 Å². The first kappa shape index (κ1) is 19.6. The third-order valence-corrected chi connectivity index (χ3v) is 10.8. The van der Waals surface area contributed by atoms with Gasteiger partial charge in [-0.25, -0.2) is 0 Å². The molecular weight excluding hydrogens is 434 g/mol. The number of nitrogens with one attached hydrogen (secondary N) is 2. The summed E-state index contributed by atoms with van der Waals surface area (Å²) >= 11 is 0.856. The molecule has 0 saturated heterocycles. The van der Waals surface area contributed by atoms with Crippen LogP contribution in [0, 0.1) is 0 Å². The van der Waals surface area contributed by atoms with Gasteiger partial charge in [-0.2, -0.15) is 0 Å². The normalized spacial score (nSPS) is 10.9. The van der Waals surface area contributed by atoms with Crippen LogP contribution in [0.2, 0.25) is 0 Å². The van der Waals surface area contributed by atoms with Gasteiger partial charge in [-0.15, -0.1) is 0 Å². The summed E-state index contributed by atoms with van der Waals surface area (Å²) in [6.07, 6.45) is 0. The molecule has 6 heteroatoms. The average molecular weight is 458 g/mol. The van der Waals surface area contributed by atoms with Crippen molar-refractivity contribution in [2.24, 2.45) is 0 Å². The zero-order chi connectivity index (χ0) is 17.0. The van der Waals surface area contributed by atoms with Gasteiger partial charge in [0.05, 0.1) is 0 Å². The quantitative estimate of drug-likeness (QED) is 0.261. The van der Waals surface area contributed by atoms with Crippen molar-refractivity contribution in [2.45, 2.75) is 13.1 Å². The summed E-state index contributed by atoms with van der Waals surface area (Å²) in [6, 6.07) is 17.2. The minimum atomic E-state index is 0.172. The molecule has 2 aromatic rings. The summed E-state index contributed by atoms with van der Waals surface area (Å²) in [6.45, 7) is 3.23. The van der Waals surface area contributed by atoms with Gasteiger partial charge in [0.15, 0.2) is 0 Å². The van der Waals surface area contributed by atoms with E-state index >= 15 is 0 Å². The second kappa shape index (κ2) is 11.8. The second-order valence-electron chi connectivity index (χ2n) is 5.18. The topological polar surface area (TPSA) is 64.5 Å². The molecule has 0 aliphatic heterocycles. The molecular formula is C18H24N2O2Se2. The molecule has 0 fully saturated rings. The molecule has 0 amide bonds. The fourth-order valence-electron chi connectivity index (χ4n) is 2.16. The van der Waals surface area contributed by atoms with E-state index in [4.69, 9.17) is 10.2 Å². The third-order valence-electron chi connectivity index (χ3n) is 3.37. The number of hydrogen-bond donors (Lipinski definition) is 4. The van der Waals surface area contributed by atoms with Crippen LogP contribution in [-0.4, -0.2) is 62.8 Å². The van der Waals surface area contributed by atoms with Crippen LogP contribution in [0.5, 0.6) is 0 Å². The van der Waals surface area contributed by atoms with E-state index in [0.29, 0.717) is 39.4 Å². The molecule has 130 valence electrons. The first-order valence-corrected chi connectivity index (χ1v) is 14.0. The Labute approximate surface area is 154 Å². The number of benzene rings is 2. The van der Waals surface area contributed by atoms with E-state index in [1.54, 1.807) is 0 Å². The number of hydrogen-bond acceptors (Lipinski definition) is 4. The maximum atomic E-state index is 8.91. The number of aliphatic hydroxyl groups is 2. The van der Waals surface area contributed by atoms with Crippen molar-refractivity contribution < 1.29 is 10.2 Å². The molecule has 0 atom stereocenters. The Bertz CT molecular complexity index is 558. The van der Waals surface area contributed by atoms with Crippen LogP contribution in [0.1, 0.15) is 11.1 Å². The summed E-state index contributed by atoms with van der Waals surface area (Å²) in [5.41, 5.74) is 2.67. The SMILES string of the molecule is OCCNCc1ccccc1[Se][Se]c1ccccc1CNCCO. The number of aliphatic hydroxyl groups excluding tert-OH is 2. The fraction of sp³-hybridized carbons (Fsp3) is 0.333. The van der Waals surface area contributed by atoms with E-state index < -0.39 is 0 Å². The van der Waals surface area contributed by atoms with Crippen molar-refractivity contribution in [2.75, 3.05) is 26.3 Å². The van der Waals surface area contributed by atoms with Gasteiger partial charge in [0, 0.05) is 0 Å². The van der Waals surface area contributed by atoms with Gasteiger partial charge >= 0.3 is 155 Å². The summed E-state index contributed by atoms with van der Waals surface area (Å²) in [5, 5.41) is 24.4. The van der Waals surface area contributed by atoms with Crippen molar-refractivity contribution >= 4 is 35.2 Å². The van der Waals surface area contributed by atoms with E-state index in [0.717, 1.165) is 13.1 Å². The Balaban J connectivity index is 1.98. The van der Waals surface area contributed by atoms with Gasteiger partial charge in [-0.1, -0.05) is 0 Å². The van der Waals surface area contributed by atoms with Gasteiger partial charge < -0.3 is 0 Å². The molecule has 2 rings (SSSR count). The standard InChI is InChI=1S/C18H24N2O2Se2/c21-11-9-19-13-15-5-1-3-7-17(15)23-24-18-8-4-2-6-16(18)14-20-10-12-22/h1-8,19-22H,9-14H2. The molecule has 0 aliphatic rings. The maximum absolute atomic E-state index is 8.91. The van der Waals surface area contributed by atoms with Gasteiger partial charge in [-0.3, -0.25) is 0 Å². The van der Waals surface area contributed by atoms with Crippen LogP contribution in [0.15, 0.2) is 48.5 Å². The van der Waals surface area contributed by atoms with Crippen LogP contribution in [0.25, 0.3) is 0 Å². The zero-order valence-corrected chi connectivity index (χ0v) is 17.0. The van der Waals surface area contributed by atoms with Crippen molar-refractivity contribution in [1.29, 1.82) is 0 Å². The van der Waals surface area contributed by atoms with Gasteiger partial charge in [0.2, 0.25) is 0 Å². The Morgan fingerprint density at radius 2 is 1.08 bits per heavy atom. The molecule has 24 heavy (non-hydrogen) atoms. The van der Waals surface area contributed by atoms with Crippen LogP contribution < -0.4 is 19.6 Å². The van der Waals surface area contributed by atoms with Gasteiger partial charge in [0.25, 0.3) is 0 Å². The Hall–Kier alpha value is -0.681. The van der Waals surface area contributed by atoms with Crippen molar-refractivity contribution in [3.63, 3.8) is 0 Å². The van der Waals surface area contributed by atoms with E-state index in [1.165, 1.54) is 20.1 Å². The van der Waals surface area contributed by atoms with E-state index in [-0.39, 0.29) is 13.2 Å². The summed E-state index contributed by atoms with van der Waals surface area (Å²) < 4.78 is 2.88. The van der Waals surface area contributed by atoms with E-state index in [9.17, 15) is 0 Å². The molecule has 0 bridgehead atoms. The van der Waals surface area contributed by atoms with Crippen LogP contribution in [-0.2, 0) is 13.1 Å². The van der Waals surface area contributed by atoms with E-state index in [1.807, 2.05) is 0 Å². The molecule has 4 N–H and O–H groups in total. The Kier molecular flexibility index (Phi) is 9.66. The monoisotopic (exact) mass is 460 g/mol. The molecule has 0 aromatic heterocycles. The molecule has 0 heterocycles. The summed E-state index contributed by atoms with van der Waals surface area (Å²) in [5.74, 6) is 0. The van der Waals surface area contributed by atoms with Crippen molar-refractivity contribution in [3.05, 3.63) is 59.7 Å². The molecule has 0 radical (unpaired) electrons. The van der Waals surface area contributed by atoms with Gasteiger partial charge in [-0.05, 0) is 0 Å². The second-order valence-corrected chi connectivity index (χ2v) is 11.4. The molecule has 0 spiro atoms. The first-order valence-electron chi connectivity index (χ1n) is 7.98. The first-order chi connectivity index (χ1) is 11.8. The Morgan fingerprint density at radius 3 is 1.50 bits per heavy atom. The van der Waals surface area contributed by atoms with Gasteiger partial charge in [0.1, 0.15) is 0 Å². The van der Waals surface area contributed by atoms with Crippen LogP contribution in [0.4, 0.5) is 0 Å². The fourth-order valence-corrected chi connectivity index (χ4v) is 9.64. The molecule has 2 aromatic carbocycles. The van der Waals surface area contributed by atoms with Crippen LogP contribution in [0.3, 0.4) is 0 Å².